The topological polar surface area (TPSA) is 60.8 Å². The van der Waals surface area contributed by atoms with Gasteiger partial charge in [-0.15, -0.1) is 0 Å². The quantitative estimate of drug-likeness (QED) is 0.867. The number of rotatable bonds is 5. The van der Waals surface area contributed by atoms with Gasteiger partial charge in [0.25, 0.3) is 0 Å². The Bertz CT molecular complexity index is 461. The summed E-state index contributed by atoms with van der Waals surface area (Å²) in [7, 11) is 0. The molecule has 4 heteroatoms. The molecule has 2 atom stereocenters. The first-order valence-corrected chi connectivity index (χ1v) is 7.29. The third-order valence-corrected chi connectivity index (χ3v) is 4.22. The van der Waals surface area contributed by atoms with Crippen molar-refractivity contribution in [2.24, 2.45) is 5.92 Å². The van der Waals surface area contributed by atoms with E-state index in [2.05, 4.69) is 11.8 Å². The first kappa shape index (κ1) is 15.0. The third kappa shape index (κ3) is 3.58. The fourth-order valence-corrected chi connectivity index (χ4v) is 3.17. The van der Waals surface area contributed by atoms with Crippen molar-refractivity contribution in [3.63, 3.8) is 0 Å². The van der Waals surface area contributed by atoms with Crippen molar-refractivity contribution in [2.75, 3.05) is 13.2 Å². The van der Waals surface area contributed by atoms with Gasteiger partial charge in [-0.2, -0.15) is 0 Å². The zero-order chi connectivity index (χ0) is 14.5. The lowest BCUT2D eigenvalue weighted by molar-refractivity contribution is 0.0692. The number of benzene rings is 1. The second-order valence-corrected chi connectivity index (χ2v) is 5.68. The van der Waals surface area contributed by atoms with Crippen LogP contribution in [0, 0.1) is 5.92 Å². The Morgan fingerprint density at radius 1 is 1.45 bits per heavy atom. The number of likely N-dealkylation sites (tertiary alicyclic amines) is 1. The summed E-state index contributed by atoms with van der Waals surface area (Å²) in [6.45, 7) is 4.23. The number of carboxylic acids is 1. The van der Waals surface area contributed by atoms with E-state index in [1.54, 1.807) is 18.2 Å². The predicted octanol–water partition coefficient (Wildman–Crippen LogP) is 2.37. The molecule has 2 N–H and O–H groups in total. The van der Waals surface area contributed by atoms with E-state index in [-0.39, 0.29) is 6.61 Å². The van der Waals surface area contributed by atoms with Crippen molar-refractivity contribution in [3.8, 4) is 0 Å². The van der Waals surface area contributed by atoms with E-state index < -0.39 is 5.97 Å². The second kappa shape index (κ2) is 6.86. The summed E-state index contributed by atoms with van der Waals surface area (Å²) < 4.78 is 0. The Morgan fingerprint density at radius 3 is 2.95 bits per heavy atom. The molecule has 0 aliphatic carbocycles. The van der Waals surface area contributed by atoms with Crippen LogP contribution in [-0.2, 0) is 6.54 Å². The molecule has 110 valence electrons. The van der Waals surface area contributed by atoms with Crippen LogP contribution in [0.2, 0.25) is 0 Å². The van der Waals surface area contributed by atoms with Gasteiger partial charge in [0.15, 0.2) is 0 Å². The Labute approximate surface area is 120 Å². The summed E-state index contributed by atoms with van der Waals surface area (Å²) in [6, 6.07) is 7.53. The number of piperidine rings is 1. The van der Waals surface area contributed by atoms with Crippen LogP contribution in [0.3, 0.4) is 0 Å². The number of nitrogens with zero attached hydrogens (tertiary/aromatic N) is 1. The van der Waals surface area contributed by atoms with E-state index in [1.165, 1.54) is 12.8 Å². The average molecular weight is 277 g/mol. The maximum atomic E-state index is 11.0. The van der Waals surface area contributed by atoms with Gasteiger partial charge in [-0.05, 0) is 49.4 Å². The number of aliphatic hydroxyl groups excluding tert-OH is 1. The molecule has 1 saturated heterocycles. The maximum Gasteiger partial charge on any atom is 0.335 e. The van der Waals surface area contributed by atoms with E-state index >= 15 is 0 Å². The molecule has 20 heavy (non-hydrogen) atoms. The summed E-state index contributed by atoms with van der Waals surface area (Å²) >= 11 is 0. The van der Waals surface area contributed by atoms with Crippen molar-refractivity contribution < 1.29 is 15.0 Å². The van der Waals surface area contributed by atoms with Crippen molar-refractivity contribution in [1.29, 1.82) is 0 Å². The highest BCUT2D eigenvalue weighted by Crippen LogP contribution is 2.27. The molecular weight excluding hydrogens is 254 g/mol. The summed E-state index contributed by atoms with van der Waals surface area (Å²) in [5, 5.41) is 18.3. The van der Waals surface area contributed by atoms with Crippen LogP contribution in [0.4, 0.5) is 0 Å². The van der Waals surface area contributed by atoms with Crippen LogP contribution < -0.4 is 0 Å². The lowest BCUT2D eigenvalue weighted by atomic mass is 9.88. The van der Waals surface area contributed by atoms with Gasteiger partial charge < -0.3 is 10.2 Å². The Hall–Kier alpha value is -1.39. The Kier molecular flexibility index (Phi) is 5.15. The lowest BCUT2D eigenvalue weighted by Crippen LogP contribution is -2.44. The third-order valence-electron chi connectivity index (χ3n) is 4.22. The fourth-order valence-electron chi connectivity index (χ4n) is 3.17. The molecule has 0 radical (unpaired) electrons. The molecule has 0 aromatic heterocycles. The van der Waals surface area contributed by atoms with Gasteiger partial charge in [0.1, 0.15) is 0 Å². The molecule has 0 bridgehead atoms. The van der Waals surface area contributed by atoms with Crippen molar-refractivity contribution >= 4 is 5.97 Å². The maximum absolute atomic E-state index is 11.0. The number of aliphatic hydroxyl groups is 1. The normalized spacial score (nSPS) is 23.7. The van der Waals surface area contributed by atoms with Gasteiger partial charge >= 0.3 is 5.97 Å². The molecule has 1 aliphatic rings. The largest absolute Gasteiger partial charge is 0.478 e. The zero-order valence-electron chi connectivity index (χ0n) is 12.0. The van der Waals surface area contributed by atoms with Gasteiger partial charge in [-0.1, -0.05) is 19.1 Å². The molecule has 4 nitrogen and oxygen atoms in total. The highest BCUT2D eigenvalue weighted by molar-refractivity contribution is 5.87. The highest BCUT2D eigenvalue weighted by atomic mass is 16.4. The molecular formula is C16H23NO3. The number of hydrogen-bond acceptors (Lipinski definition) is 3. The fraction of sp³-hybridized carbons (Fsp3) is 0.562. The number of aromatic carboxylic acids is 1. The number of carboxylic acid groups (broad SMARTS) is 1. The summed E-state index contributed by atoms with van der Waals surface area (Å²) in [5.41, 5.74) is 1.37. The van der Waals surface area contributed by atoms with E-state index in [0.717, 1.165) is 25.1 Å². The number of carbonyl (C=O) groups is 1. The van der Waals surface area contributed by atoms with E-state index in [1.807, 2.05) is 6.07 Å². The monoisotopic (exact) mass is 277 g/mol. The van der Waals surface area contributed by atoms with Crippen molar-refractivity contribution in [1.82, 2.24) is 4.90 Å². The molecule has 2 unspecified atom stereocenters. The van der Waals surface area contributed by atoms with E-state index in [0.29, 0.717) is 17.5 Å². The highest BCUT2D eigenvalue weighted by Gasteiger charge is 2.27. The van der Waals surface area contributed by atoms with Gasteiger partial charge in [0, 0.05) is 19.2 Å². The van der Waals surface area contributed by atoms with Gasteiger partial charge in [-0.3, -0.25) is 4.90 Å². The minimum atomic E-state index is -0.884. The molecule has 1 aromatic rings. The molecule has 1 heterocycles. The minimum Gasteiger partial charge on any atom is -0.478 e. The molecule has 1 aliphatic heterocycles. The predicted molar refractivity (Wildman–Crippen MR) is 77.7 cm³/mol. The Morgan fingerprint density at radius 2 is 2.25 bits per heavy atom. The SMILES string of the molecule is CC1CCCN(Cc2cccc(C(=O)O)c2)C1CCO. The van der Waals surface area contributed by atoms with Gasteiger partial charge in [0.2, 0.25) is 0 Å². The van der Waals surface area contributed by atoms with Crippen LogP contribution in [0.25, 0.3) is 0 Å². The smallest absolute Gasteiger partial charge is 0.335 e. The van der Waals surface area contributed by atoms with Crippen LogP contribution in [0.5, 0.6) is 0 Å². The summed E-state index contributed by atoms with van der Waals surface area (Å²) in [4.78, 5) is 13.4. The van der Waals surface area contributed by atoms with Crippen molar-refractivity contribution in [3.05, 3.63) is 35.4 Å². The average Bonchev–Trinajstić information content (AvgIpc) is 2.43. The van der Waals surface area contributed by atoms with Crippen molar-refractivity contribution in [2.45, 2.75) is 38.8 Å². The second-order valence-electron chi connectivity index (χ2n) is 5.68. The molecule has 0 saturated carbocycles. The van der Waals surface area contributed by atoms with E-state index in [4.69, 9.17) is 5.11 Å². The number of hydrogen-bond donors (Lipinski definition) is 2. The minimum absolute atomic E-state index is 0.209. The zero-order valence-corrected chi connectivity index (χ0v) is 12.0. The first-order chi connectivity index (χ1) is 9.61. The first-order valence-electron chi connectivity index (χ1n) is 7.29. The summed E-state index contributed by atoms with van der Waals surface area (Å²) in [6.07, 6.45) is 3.16. The standard InChI is InChI=1S/C16H23NO3/c1-12-4-3-8-17(15(12)7-9-18)11-13-5-2-6-14(10-13)16(19)20/h2,5-6,10,12,15,18H,3-4,7-9,11H2,1H3,(H,19,20). The van der Waals surface area contributed by atoms with Crippen LogP contribution in [0.1, 0.15) is 42.1 Å². The van der Waals surface area contributed by atoms with E-state index in [9.17, 15) is 9.90 Å². The van der Waals surface area contributed by atoms with Crippen LogP contribution in [-0.4, -0.2) is 40.3 Å². The molecule has 1 fully saturated rings. The Balaban J connectivity index is 2.10. The molecule has 1 aromatic carbocycles. The molecule has 0 amide bonds. The van der Waals surface area contributed by atoms with Gasteiger partial charge in [0.05, 0.1) is 5.56 Å². The molecule has 2 rings (SSSR count). The van der Waals surface area contributed by atoms with Crippen LogP contribution >= 0.6 is 0 Å². The van der Waals surface area contributed by atoms with Crippen LogP contribution in [0.15, 0.2) is 24.3 Å². The molecule has 0 spiro atoms. The summed E-state index contributed by atoms with van der Waals surface area (Å²) in [5.74, 6) is -0.302. The van der Waals surface area contributed by atoms with Gasteiger partial charge in [-0.25, -0.2) is 4.79 Å². The lowest BCUT2D eigenvalue weighted by Gasteiger charge is -2.40.